The SMILES string of the molecule is CCOn1c(=O)c(=O)n(-c2ccccc2)c2ccccc2c1=O. The van der Waals surface area contributed by atoms with E-state index in [9.17, 15) is 14.4 Å². The van der Waals surface area contributed by atoms with Gasteiger partial charge in [-0.2, -0.15) is 0 Å². The molecular weight excluding hydrogens is 296 g/mol. The van der Waals surface area contributed by atoms with Gasteiger partial charge in [-0.3, -0.25) is 19.0 Å². The Labute approximate surface area is 130 Å². The molecule has 1 heterocycles. The van der Waals surface area contributed by atoms with Gasteiger partial charge in [-0.1, -0.05) is 35.1 Å². The van der Waals surface area contributed by atoms with Crippen molar-refractivity contribution in [1.29, 1.82) is 0 Å². The van der Waals surface area contributed by atoms with Crippen LogP contribution in [0.3, 0.4) is 0 Å². The Morgan fingerprint density at radius 1 is 0.826 bits per heavy atom. The number of para-hydroxylation sites is 2. The van der Waals surface area contributed by atoms with Gasteiger partial charge in [0.2, 0.25) is 0 Å². The molecule has 0 amide bonds. The van der Waals surface area contributed by atoms with Crippen molar-refractivity contribution in [3.05, 3.63) is 85.7 Å². The zero-order chi connectivity index (χ0) is 16.4. The smallest absolute Gasteiger partial charge is 0.352 e. The fraction of sp³-hybridized carbons (Fsp3) is 0.118. The second-order valence-corrected chi connectivity index (χ2v) is 4.82. The first-order valence-electron chi connectivity index (χ1n) is 7.15. The average Bonchev–Trinajstić information content (AvgIpc) is 2.66. The van der Waals surface area contributed by atoms with Crippen LogP contribution < -0.4 is 21.5 Å². The Kier molecular flexibility index (Phi) is 3.80. The van der Waals surface area contributed by atoms with Crippen molar-refractivity contribution in [3.8, 4) is 5.69 Å². The molecule has 0 aliphatic rings. The lowest BCUT2D eigenvalue weighted by Gasteiger charge is -2.05. The number of hydrogen-bond donors (Lipinski definition) is 0. The summed E-state index contributed by atoms with van der Waals surface area (Å²) in [6, 6.07) is 15.3. The minimum atomic E-state index is -1.02. The quantitative estimate of drug-likeness (QED) is 0.676. The zero-order valence-electron chi connectivity index (χ0n) is 12.4. The van der Waals surface area contributed by atoms with Crippen LogP contribution in [0.5, 0.6) is 0 Å². The molecule has 3 aromatic rings. The first-order chi connectivity index (χ1) is 11.1. The normalized spacial score (nSPS) is 10.7. The van der Waals surface area contributed by atoms with Crippen LogP contribution in [0.1, 0.15) is 6.92 Å². The molecule has 0 aliphatic heterocycles. The summed E-state index contributed by atoms with van der Waals surface area (Å²) in [4.78, 5) is 42.7. The lowest BCUT2D eigenvalue weighted by atomic mass is 10.2. The van der Waals surface area contributed by atoms with Gasteiger partial charge in [-0.25, -0.2) is 0 Å². The topological polar surface area (TPSA) is 70.3 Å². The van der Waals surface area contributed by atoms with Gasteiger partial charge in [0.1, 0.15) is 6.61 Å². The van der Waals surface area contributed by atoms with E-state index in [0.717, 1.165) is 0 Å². The number of hydrogen-bond acceptors (Lipinski definition) is 4. The van der Waals surface area contributed by atoms with E-state index in [1.807, 2.05) is 0 Å². The van der Waals surface area contributed by atoms with E-state index in [1.165, 1.54) is 4.57 Å². The number of nitrogens with zero attached hydrogens (tertiary/aromatic N) is 2. The first-order valence-corrected chi connectivity index (χ1v) is 7.15. The summed E-state index contributed by atoms with van der Waals surface area (Å²) in [5.41, 5.74) is -1.66. The van der Waals surface area contributed by atoms with E-state index in [0.29, 0.717) is 15.9 Å². The molecule has 6 heteroatoms. The summed E-state index contributed by atoms with van der Waals surface area (Å²) in [6.45, 7) is 1.73. The predicted molar refractivity (Wildman–Crippen MR) is 87.2 cm³/mol. The Hall–Kier alpha value is -3.15. The lowest BCUT2D eigenvalue weighted by molar-refractivity contribution is 0.106. The van der Waals surface area contributed by atoms with Crippen LogP contribution in [0.4, 0.5) is 0 Å². The fourth-order valence-corrected chi connectivity index (χ4v) is 2.42. The summed E-state index contributed by atoms with van der Waals surface area (Å²) in [5, 5.41) is 0.226. The molecule has 0 saturated heterocycles. The predicted octanol–water partition coefficient (Wildman–Crippen LogP) is 0.961. The van der Waals surface area contributed by atoms with Crippen LogP contribution in [-0.2, 0) is 0 Å². The van der Waals surface area contributed by atoms with Gasteiger partial charge in [0.15, 0.2) is 0 Å². The van der Waals surface area contributed by atoms with E-state index in [4.69, 9.17) is 4.84 Å². The Bertz CT molecular complexity index is 1040. The van der Waals surface area contributed by atoms with Crippen molar-refractivity contribution in [3.63, 3.8) is 0 Å². The van der Waals surface area contributed by atoms with Crippen molar-refractivity contribution >= 4 is 10.9 Å². The molecule has 0 fully saturated rings. The molecule has 3 rings (SSSR count). The zero-order valence-corrected chi connectivity index (χ0v) is 12.4. The van der Waals surface area contributed by atoms with E-state index in [-0.39, 0.29) is 12.0 Å². The molecule has 0 atom stereocenters. The molecule has 0 radical (unpaired) electrons. The summed E-state index contributed by atoms with van der Waals surface area (Å²) < 4.78 is 1.76. The van der Waals surface area contributed by atoms with Crippen molar-refractivity contribution in [2.45, 2.75) is 6.92 Å². The second kappa shape index (κ2) is 5.92. The molecule has 0 aliphatic carbocycles. The maximum atomic E-state index is 12.6. The number of fused-ring (bicyclic) bond motifs is 1. The van der Waals surface area contributed by atoms with Gasteiger partial charge in [-0.15, -0.1) is 0 Å². The van der Waals surface area contributed by atoms with Crippen molar-refractivity contribution in [2.24, 2.45) is 0 Å². The van der Waals surface area contributed by atoms with E-state index < -0.39 is 16.7 Å². The van der Waals surface area contributed by atoms with Crippen LogP contribution in [0.25, 0.3) is 16.6 Å². The minimum absolute atomic E-state index is 0.0955. The summed E-state index contributed by atoms with van der Waals surface area (Å²) in [5.74, 6) is 0. The summed E-state index contributed by atoms with van der Waals surface area (Å²) in [7, 11) is 0. The van der Waals surface area contributed by atoms with Gasteiger partial charge in [-0.05, 0) is 31.2 Å². The average molecular weight is 310 g/mol. The van der Waals surface area contributed by atoms with Gasteiger partial charge >= 0.3 is 11.1 Å². The molecule has 0 spiro atoms. The molecule has 23 heavy (non-hydrogen) atoms. The number of rotatable bonds is 3. The van der Waals surface area contributed by atoms with Gasteiger partial charge in [0, 0.05) is 5.69 Å². The molecule has 6 nitrogen and oxygen atoms in total. The highest BCUT2D eigenvalue weighted by atomic mass is 16.7. The third-order valence-electron chi connectivity index (χ3n) is 3.40. The highest BCUT2D eigenvalue weighted by molar-refractivity contribution is 5.79. The number of benzene rings is 2. The molecule has 2 aromatic carbocycles. The molecule has 0 N–H and O–H groups in total. The van der Waals surface area contributed by atoms with Crippen LogP contribution in [0.2, 0.25) is 0 Å². The Morgan fingerprint density at radius 3 is 2.17 bits per heavy atom. The van der Waals surface area contributed by atoms with Crippen molar-refractivity contribution < 1.29 is 4.84 Å². The second-order valence-electron chi connectivity index (χ2n) is 4.82. The maximum Gasteiger partial charge on any atom is 0.352 e. The molecule has 0 saturated carbocycles. The molecule has 1 aromatic heterocycles. The highest BCUT2D eigenvalue weighted by Gasteiger charge is 2.14. The molecular formula is C17H14N2O4. The minimum Gasteiger partial charge on any atom is -0.407 e. The van der Waals surface area contributed by atoms with Crippen LogP contribution >= 0.6 is 0 Å². The lowest BCUT2D eigenvalue weighted by Crippen LogP contribution is -2.44. The highest BCUT2D eigenvalue weighted by Crippen LogP contribution is 2.12. The molecule has 0 bridgehead atoms. The van der Waals surface area contributed by atoms with E-state index >= 15 is 0 Å². The van der Waals surface area contributed by atoms with Crippen LogP contribution in [0.15, 0.2) is 69.0 Å². The Morgan fingerprint density at radius 2 is 1.48 bits per heavy atom. The largest absolute Gasteiger partial charge is 0.407 e. The van der Waals surface area contributed by atoms with Crippen molar-refractivity contribution in [1.82, 2.24) is 9.30 Å². The van der Waals surface area contributed by atoms with Crippen LogP contribution in [0, 0.1) is 0 Å². The molecule has 116 valence electrons. The van der Waals surface area contributed by atoms with Gasteiger partial charge in [0.05, 0.1) is 10.9 Å². The maximum absolute atomic E-state index is 12.6. The summed E-state index contributed by atoms with van der Waals surface area (Å²) in [6.07, 6.45) is 0. The Balaban J connectivity index is 2.62. The summed E-state index contributed by atoms with van der Waals surface area (Å²) >= 11 is 0. The monoisotopic (exact) mass is 310 g/mol. The first kappa shape index (κ1) is 14.8. The van der Waals surface area contributed by atoms with Crippen LogP contribution in [-0.4, -0.2) is 15.9 Å². The third kappa shape index (κ3) is 2.44. The van der Waals surface area contributed by atoms with Gasteiger partial charge < -0.3 is 4.84 Å². The molecule has 0 unspecified atom stereocenters. The van der Waals surface area contributed by atoms with E-state index in [1.54, 1.807) is 61.5 Å². The third-order valence-corrected chi connectivity index (χ3v) is 3.40. The van der Waals surface area contributed by atoms with Crippen molar-refractivity contribution in [2.75, 3.05) is 6.61 Å². The standard InChI is InChI=1S/C17H14N2O4/c1-2-23-19-15(20)13-10-6-7-11-14(13)18(16(21)17(19)22)12-8-4-3-5-9-12/h3-11H,2H2,1H3. The number of aromatic nitrogens is 2. The van der Waals surface area contributed by atoms with Gasteiger partial charge in [0.25, 0.3) is 5.56 Å². The van der Waals surface area contributed by atoms with E-state index in [2.05, 4.69) is 0 Å². The fourth-order valence-electron chi connectivity index (χ4n) is 2.42.